The van der Waals surface area contributed by atoms with Crippen LogP contribution >= 0.6 is 25.3 Å². The number of hydrogen-bond acceptors (Lipinski definition) is 4. The van der Waals surface area contributed by atoms with Gasteiger partial charge in [-0.25, -0.2) is 0 Å². The van der Waals surface area contributed by atoms with Crippen LogP contribution in [0.4, 0.5) is 0 Å². The molecule has 0 spiro atoms. The Kier molecular flexibility index (Phi) is 6.64. The topological polar surface area (TPSA) is 49.3 Å². The average Bonchev–Trinajstić information content (AvgIpc) is 2.04. The zero-order valence-corrected chi connectivity index (χ0v) is 10.4. The van der Waals surface area contributed by atoms with Gasteiger partial charge in [-0.1, -0.05) is 13.3 Å². The molecule has 0 saturated carbocycles. The van der Waals surface area contributed by atoms with Gasteiger partial charge < -0.3 is 10.4 Å². The highest BCUT2D eigenvalue weighted by Crippen LogP contribution is 2.19. The lowest BCUT2D eigenvalue weighted by Gasteiger charge is -2.25. The third-order valence-electron chi connectivity index (χ3n) is 2.00. The first-order valence-electron chi connectivity index (χ1n) is 4.72. The van der Waals surface area contributed by atoms with Crippen LogP contribution in [-0.4, -0.2) is 34.2 Å². The van der Waals surface area contributed by atoms with Crippen LogP contribution in [0, 0.1) is 0 Å². The van der Waals surface area contributed by atoms with Gasteiger partial charge in [-0.15, -0.1) is 0 Å². The van der Waals surface area contributed by atoms with Crippen molar-refractivity contribution in [2.75, 3.05) is 12.3 Å². The number of thiol groups is 2. The number of aliphatic carboxylic acids is 1. The molecule has 2 atom stereocenters. The molecule has 2 N–H and O–H groups in total. The molecule has 0 radical (unpaired) electrons. The zero-order chi connectivity index (χ0) is 11.2. The standard InChI is InChI=1S/C9H19NO2S2/c1-3-4-9(2,14)6-10-7(5-13)8(11)12/h7,10,13-14H,3-6H2,1-2H3,(H,11,12)/t7-,9?/m0/s1. The van der Waals surface area contributed by atoms with E-state index < -0.39 is 12.0 Å². The van der Waals surface area contributed by atoms with Crippen molar-refractivity contribution in [2.45, 2.75) is 37.5 Å². The highest BCUT2D eigenvalue weighted by atomic mass is 32.1. The quantitative estimate of drug-likeness (QED) is 0.507. The smallest absolute Gasteiger partial charge is 0.321 e. The maximum atomic E-state index is 10.7. The van der Waals surface area contributed by atoms with Crippen molar-refractivity contribution in [1.29, 1.82) is 0 Å². The third-order valence-corrected chi connectivity index (χ3v) is 2.75. The molecule has 3 nitrogen and oxygen atoms in total. The molecule has 0 amide bonds. The molecule has 0 rings (SSSR count). The van der Waals surface area contributed by atoms with Gasteiger partial charge in [0.15, 0.2) is 0 Å². The highest BCUT2D eigenvalue weighted by molar-refractivity contribution is 7.81. The van der Waals surface area contributed by atoms with Crippen molar-refractivity contribution in [3.05, 3.63) is 0 Å². The summed E-state index contributed by atoms with van der Waals surface area (Å²) in [6.45, 7) is 4.67. The summed E-state index contributed by atoms with van der Waals surface area (Å²) in [6, 6.07) is -0.582. The van der Waals surface area contributed by atoms with E-state index in [9.17, 15) is 4.79 Å². The minimum absolute atomic E-state index is 0.147. The molecule has 0 fully saturated rings. The van der Waals surface area contributed by atoms with Gasteiger partial charge in [0.1, 0.15) is 6.04 Å². The molecule has 0 aliphatic heterocycles. The fourth-order valence-electron chi connectivity index (χ4n) is 1.20. The van der Waals surface area contributed by atoms with Crippen molar-refractivity contribution in [3.8, 4) is 0 Å². The summed E-state index contributed by atoms with van der Waals surface area (Å²) in [4.78, 5) is 10.7. The lowest BCUT2D eigenvalue weighted by atomic mass is 10.0. The van der Waals surface area contributed by atoms with Crippen LogP contribution < -0.4 is 5.32 Å². The lowest BCUT2D eigenvalue weighted by molar-refractivity contribution is -0.138. The van der Waals surface area contributed by atoms with E-state index in [0.717, 1.165) is 12.8 Å². The Balaban J connectivity index is 3.95. The van der Waals surface area contributed by atoms with Crippen LogP contribution in [0.15, 0.2) is 0 Å². The van der Waals surface area contributed by atoms with Crippen molar-refractivity contribution < 1.29 is 9.90 Å². The third kappa shape index (κ3) is 5.78. The summed E-state index contributed by atoms with van der Waals surface area (Å²) in [5.74, 6) is -0.564. The van der Waals surface area contributed by atoms with Gasteiger partial charge in [0.05, 0.1) is 0 Å². The molecular formula is C9H19NO2S2. The van der Waals surface area contributed by atoms with Gasteiger partial charge >= 0.3 is 5.97 Å². The fraction of sp³-hybridized carbons (Fsp3) is 0.889. The Hall–Kier alpha value is 0.130. The Morgan fingerprint density at radius 3 is 2.57 bits per heavy atom. The SMILES string of the molecule is CCCC(C)(S)CN[C@@H](CS)C(=O)O. The summed E-state index contributed by atoms with van der Waals surface area (Å²) in [7, 11) is 0. The molecule has 84 valence electrons. The maximum absolute atomic E-state index is 10.7. The van der Waals surface area contributed by atoms with Gasteiger partial charge in [0.25, 0.3) is 0 Å². The van der Waals surface area contributed by atoms with Crippen LogP contribution in [0.3, 0.4) is 0 Å². The molecule has 0 aliphatic carbocycles. The van der Waals surface area contributed by atoms with Crippen LogP contribution in [-0.2, 0) is 4.79 Å². The van der Waals surface area contributed by atoms with Crippen molar-refractivity contribution in [2.24, 2.45) is 0 Å². The molecular weight excluding hydrogens is 218 g/mol. The van der Waals surface area contributed by atoms with Gasteiger partial charge in [0.2, 0.25) is 0 Å². The second-order valence-corrected chi connectivity index (χ2v) is 5.15. The second kappa shape index (κ2) is 6.58. The second-order valence-electron chi connectivity index (χ2n) is 3.70. The first-order chi connectivity index (χ1) is 6.43. The van der Waals surface area contributed by atoms with E-state index in [4.69, 9.17) is 5.11 Å². The molecule has 0 aromatic rings. The molecule has 14 heavy (non-hydrogen) atoms. The summed E-state index contributed by atoms with van der Waals surface area (Å²) in [5, 5.41) is 11.7. The largest absolute Gasteiger partial charge is 0.480 e. The first-order valence-corrected chi connectivity index (χ1v) is 5.80. The molecule has 0 aliphatic rings. The molecule has 0 aromatic heterocycles. The van der Waals surface area contributed by atoms with Gasteiger partial charge in [-0.2, -0.15) is 25.3 Å². The minimum atomic E-state index is -0.861. The molecule has 0 saturated heterocycles. The van der Waals surface area contributed by atoms with Crippen molar-refractivity contribution in [1.82, 2.24) is 5.32 Å². The van der Waals surface area contributed by atoms with E-state index in [0.29, 0.717) is 12.3 Å². The summed E-state index contributed by atoms with van der Waals surface area (Å²) >= 11 is 8.44. The number of carboxylic acid groups (broad SMARTS) is 1. The number of hydrogen-bond donors (Lipinski definition) is 4. The summed E-state index contributed by atoms with van der Waals surface area (Å²) in [6.07, 6.45) is 2.00. The van der Waals surface area contributed by atoms with E-state index in [1.165, 1.54) is 0 Å². The highest BCUT2D eigenvalue weighted by Gasteiger charge is 2.22. The molecule has 0 bridgehead atoms. The van der Waals surface area contributed by atoms with Crippen molar-refractivity contribution in [3.63, 3.8) is 0 Å². The van der Waals surface area contributed by atoms with Crippen LogP contribution in [0.1, 0.15) is 26.7 Å². The minimum Gasteiger partial charge on any atom is -0.480 e. The van der Waals surface area contributed by atoms with Crippen LogP contribution in [0.25, 0.3) is 0 Å². The fourth-order valence-corrected chi connectivity index (χ4v) is 1.80. The van der Waals surface area contributed by atoms with Gasteiger partial charge in [-0.05, 0) is 13.3 Å². The number of nitrogens with one attached hydrogen (secondary N) is 1. The monoisotopic (exact) mass is 237 g/mol. The average molecular weight is 237 g/mol. The van der Waals surface area contributed by atoms with E-state index in [-0.39, 0.29) is 4.75 Å². The molecule has 0 heterocycles. The Labute approximate surface area is 96.5 Å². The lowest BCUT2D eigenvalue weighted by Crippen LogP contribution is -2.44. The predicted octanol–water partition coefficient (Wildman–Crippen LogP) is 1.45. The number of carbonyl (C=O) groups is 1. The molecule has 1 unspecified atom stereocenters. The molecule has 0 aromatic carbocycles. The molecule has 5 heteroatoms. The van der Waals surface area contributed by atoms with E-state index >= 15 is 0 Å². The van der Waals surface area contributed by atoms with Gasteiger partial charge in [-0.3, -0.25) is 4.79 Å². The van der Waals surface area contributed by atoms with Crippen LogP contribution in [0.5, 0.6) is 0 Å². The number of carboxylic acids is 1. The van der Waals surface area contributed by atoms with E-state index in [2.05, 4.69) is 37.5 Å². The number of rotatable bonds is 7. The van der Waals surface area contributed by atoms with Gasteiger partial charge in [0, 0.05) is 17.0 Å². The summed E-state index contributed by atoms with van der Waals surface area (Å²) in [5.41, 5.74) is 0. The Morgan fingerprint density at radius 2 is 2.21 bits per heavy atom. The predicted molar refractivity (Wildman–Crippen MR) is 65.6 cm³/mol. The summed E-state index contributed by atoms with van der Waals surface area (Å²) < 4.78 is -0.147. The van der Waals surface area contributed by atoms with E-state index in [1.54, 1.807) is 0 Å². The Morgan fingerprint density at radius 1 is 1.64 bits per heavy atom. The van der Waals surface area contributed by atoms with Crippen LogP contribution in [0.2, 0.25) is 0 Å². The zero-order valence-electron chi connectivity index (χ0n) is 8.66. The maximum Gasteiger partial charge on any atom is 0.321 e. The van der Waals surface area contributed by atoms with E-state index in [1.807, 2.05) is 6.92 Å². The first kappa shape index (κ1) is 14.1. The van der Waals surface area contributed by atoms with Crippen molar-refractivity contribution >= 4 is 31.2 Å². The Bertz CT molecular complexity index is 186. The normalized spacial score (nSPS) is 17.4.